The molecule has 0 aliphatic rings. The lowest BCUT2D eigenvalue weighted by Gasteiger charge is -2.08. The van der Waals surface area contributed by atoms with E-state index in [1.54, 1.807) is 35.1 Å². The van der Waals surface area contributed by atoms with Crippen molar-refractivity contribution in [2.24, 2.45) is 0 Å². The first-order chi connectivity index (χ1) is 14.6. The number of halogens is 2. The first-order valence-corrected chi connectivity index (χ1v) is 10.1. The van der Waals surface area contributed by atoms with Crippen molar-refractivity contribution in [1.82, 2.24) is 25.1 Å². The Morgan fingerprint density at radius 2 is 1.97 bits per heavy atom. The topological polar surface area (TPSA) is 84.7 Å². The average molecular weight is 469 g/mol. The van der Waals surface area contributed by atoms with E-state index in [0.717, 1.165) is 15.4 Å². The lowest BCUT2D eigenvalue weighted by atomic mass is 10.2. The summed E-state index contributed by atoms with van der Waals surface area (Å²) in [6.07, 6.45) is 3.16. The maximum atomic E-state index is 13.0. The van der Waals surface area contributed by atoms with Crippen LogP contribution in [-0.4, -0.2) is 32.2 Å². The standard InChI is InChI=1S/C21H18BrFN6O/c22-16-3-1-2-15(10-16)21(30)24-8-9-29-20-18(12-28-29)19(26-13-27-20)25-11-14-4-6-17(23)7-5-14/h1-7,10,12-13H,8-9,11H2,(H,24,30)(H,25,26,27). The number of rotatable bonds is 7. The summed E-state index contributed by atoms with van der Waals surface area (Å²) in [7, 11) is 0. The Balaban J connectivity index is 1.40. The van der Waals surface area contributed by atoms with Crippen LogP contribution >= 0.6 is 15.9 Å². The van der Waals surface area contributed by atoms with Crippen molar-refractivity contribution in [1.29, 1.82) is 0 Å². The van der Waals surface area contributed by atoms with Crippen LogP contribution in [0, 0.1) is 5.82 Å². The van der Waals surface area contributed by atoms with Gasteiger partial charge in [0.25, 0.3) is 5.91 Å². The zero-order valence-electron chi connectivity index (χ0n) is 15.8. The first-order valence-electron chi connectivity index (χ1n) is 9.29. The molecule has 4 rings (SSSR count). The van der Waals surface area contributed by atoms with Gasteiger partial charge in [0.05, 0.1) is 18.1 Å². The van der Waals surface area contributed by atoms with E-state index in [1.807, 2.05) is 12.1 Å². The lowest BCUT2D eigenvalue weighted by molar-refractivity contribution is 0.0952. The molecule has 0 aliphatic carbocycles. The number of nitrogens with one attached hydrogen (secondary N) is 2. The van der Waals surface area contributed by atoms with Gasteiger partial charge in [-0.25, -0.2) is 19.0 Å². The SMILES string of the molecule is O=C(NCCn1ncc2c(NCc3ccc(F)cc3)ncnc21)c1cccc(Br)c1. The van der Waals surface area contributed by atoms with Crippen LogP contribution in [-0.2, 0) is 13.1 Å². The normalized spacial score (nSPS) is 10.9. The van der Waals surface area contributed by atoms with Crippen molar-refractivity contribution in [2.45, 2.75) is 13.1 Å². The molecule has 0 fully saturated rings. The number of carbonyl (C=O) groups excluding carboxylic acids is 1. The molecule has 7 nitrogen and oxygen atoms in total. The van der Waals surface area contributed by atoms with Gasteiger partial charge in [-0.2, -0.15) is 5.10 Å². The van der Waals surface area contributed by atoms with Crippen LogP contribution in [0.3, 0.4) is 0 Å². The Morgan fingerprint density at radius 1 is 1.13 bits per heavy atom. The predicted molar refractivity (Wildman–Crippen MR) is 116 cm³/mol. The molecule has 0 atom stereocenters. The van der Waals surface area contributed by atoms with Crippen molar-refractivity contribution in [3.63, 3.8) is 0 Å². The van der Waals surface area contributed by atoms with Gasteiger partial charge < -0.3 is 10.6 Å². The number of nitrogens with zero attached hydrogens (tertiary/aromatic N) is 4. The fourth-order valence-corrected chi connectivity index (χ4v) is 3.39. The average Bonchev–Trinajstić information content (AvgIpc) is 3.17. The van der Waals surface area contributed by atoms with Crippen molar-refractivity contribution < 1.29 is 9.18 Å². The number of hydrogen-bond acceptors (Lipinski definition) is 5. The highest BCUT2D eigenvalue weighted by Crippen LogP contribution is 2.19. The van der Waals surface area contributed by atoms with E-state index in [1.165, 1.54) is 18.5 Å². The first kappa shape index (κ1) is 20.0. The number of carbonyl (C=O) groups is 1. The summed E-state index contributed by atoms with van der Waals surface area (Å²) < 4.78 is 15.6. The third-order valence-corrected chi connectivity index (χ3v) is 5.00. The summed E-state index contributed by atoms with van der Waals surface area (Å²) >= 11 is 3.36. The molecule has 0 saturated heterocycles. The molecule has 2 N–H and O–H groups in total. The summed E-state index contributed by atoms with van der Waals surface area (Å²) in [5.74, 6) is 0.231. The van der Waals surface area contributed by atoms with Gasteiger partial charge in [0.2, 0.25) is 0 Å². The van der Waals surface area contributed by atoms with Crippen molar-refractivity contribution >= 4 is 38.7 Å². The number of benzene rings is 2. The van der Waals surface area contributed by atoms with Crippen molar-refractivity contribution in [3.05, 3.63) is 82.5 Å². The van der Waals surface area contributed by atoms with Crippen LogP contribution in [0.5, 0.6) is 0 Å². The van der Waals surface area contributed by atoms with Crippen LogP contribution in [0.4, 0.5) is 10.2 Å². The van der Waals surface area contributed by atoms with Gasteiger partial charge in [0.1, 0.15) is 18.0 Å². The molecule has 4 aromatic rings. The Kier molecular flexibility index (Phi) is 5.99. The van der Waals surface area contributed by atoms with Crippen LogP contribution in [0.15, 0.2) is 65.5 Å². The second kappa shape index (κ2) is 9.00. The number of fused-ring (bicyclic) bond motifs is 1. The van der Waals surface area contributed by atoms with Crippen molar-refractivity contribution in [2.75, 3.05) is 11.9 Å². The zero-order chi connectivity index (χ0) is 20.9. The van der Waals surface area contributed by atoms with E-state index in [-0.39, 0.29) is 11.7 Å². The molecule has 152 valence electrons. The highest BCUT2D eigenvalue weighted by Gasteiger charge is 2.11. The van der Waals surface area contributed by atoms with Crippen LogP contribution in [0.25, 0.3) is 11.0 Å². The summed E-state index contributed by atoms with van der Waals surface area (Å²) in [5, 5.41) is 11.3. The van der Waals surface area contributed by atoms with Gasteiger partial charge in [0, 0.05) is 23.1 Å². The predicted octanol–water partition coefficient (Wildman–Crippen LogP) is 3.77. The molecule has 0 spiro atoms. The Hall–Kier alpha value is -3.33. The van der Waals surface area contributed by atoms with E-state index < -0.39 is 0 Å². The molecule has 30 heavy (non-hydrogen) atoms. The molecule has 0 bridgehead atoms. The quantitative estimate of drug-likeness (QED) is 0.431. The molecular formula is C21H18BrFN6O. The summed E-state index contributed by atoms with van der Waals surface area (Å²) in [4.78, 5) is 20.9. The minimum atomic E-state index is -0.267. The van der Waals surface area contributed by atoms with E-state index in [0.29, 0.717) is 36.7 Å². The highest BCUT2D eigenvalue weighted by atomic mass is 79.9. The third kappa shape index (κ3) is 4.62. The second-order valence-corrected chi connectivity index (χ2v) is 7.49. The molecule has 0 aliphatic heterocycles. The van der Waals surface area contributed by atoms with Gasteiger partial charge in [0.15, 0.2) is 5.65 Å². The smallest absolute Gasteiger partial charge is 0.251 e. The lowest BCUT2D eigenvalue weighted by Crippen LogP contribution is -2.27. The van der Waals surface area contributed by atoms with E-state index in [2.05, 4.69) is 41.6 Å². The van der Waals surface area contributed by atoms with E-state index in [4.69, 9.17) is 0 Å². The molecule has 2 aromatic carbocycles. The Morgan fingerprint density at radius 3 is 2.77 bits per heavy atom. The molecule has 0 radical (unpaired) electrons. The molecule has 9 heteroatoms. The Bertz CT molecular complexity index is 1180. The molecular weight excluding hydrogens is 451 g/mol. The summed E-state index contributed by atoms with van der Waals surface area (Å²) in [6.45, 7) is 1.38. The van der Waals surface area contributed by atoms with Gasteiger partial charge in [-0.05, 0) is 35.9 Å². The molecule has 2 heterocycles. The van der Waals surface area contributed by atoms with E-state index >= 15 is 0 Å². The molecule has 2 aromatic heterocycles. The van der Waals surface area contributed by atoms with Gasteiger partial charge in [-0.3, -0.25) is 4.79 Å². The largest absolute Gasteiger partial charge is 0.365 e. The minimum absolute atomic E-state index is 0.149. The fourth-order valence-electron chi connectivity index (χ4n) is 2.99. The number of amides is 1. The second-order valence-electron chi connectivity index (χ2n) is 6.57. The Labute approximate surface area is 180 Å². The van der Waals surface area contributed by atoms with E-state index in [9.17, 15) is 9.18 Å². The number of anilines is 1. The maximum absolute atomic E-state index is 13.0. The molecule has 0 unspecified atom stereocenters. The molecule has 1 amide bonds. The summed E-state index contributed by atoms with van der Waals surface area (Å²) in [5.41, 5.74) is 2.19. The maximum Gasteiger partial charge on any atom is 0.251 e. The van der Waals surface area contributed by atoms with Crippen LogP contribution < -0.4 is 10.6 Å². The number of hydrogen-bond donors (Lipinski definition) is 2. The number of aromatic nitrogens is 4. The minimum Gasteiger partial charge on any atom is -0.365 e. The third-order valence-electron chi connectivity index (χ3n) is 4.50. The van der Waals surface area contributed by atoms with Crippen LogP contribution in [0.2, 0.25) is 0 Å². The molecule has 0 saturated carbocycles. The van der Waals surface area contributed by atoms with Gasteiger partial charge in [-0.15, -0.1) is 0 Å². The fraction of sp³-hybridized carbons (Fsp3) is 0.143. The van der Waals surface area contributed by atoms with Crippen molar-refractivity contribution in [3.8, 4) is 0 Å². The van der Waals surface area contributed by atoms with Crippen LogP contribution in [0.1, 0.15) is 15.9 Å². The van der Waals surface area contributed by atoms with Gasteiger partial charge in [-0.1, -0.05) is 34.1 Å². The summed E-state index contributed by atoms with van der Waals surface area (Å²) in [6, 6.07) is 13.5. The zero-order valence-corrected chi connectivity index (χ0v) is 17.4. The van der Waals surface area contributed by atoms with Gasteiger partial charge >= 0.3 is 0 Å². The monoisotopic (exact) mass is 468 g/mol. The highest BCUT2D eigenvalue weighted by molar-refractivity contribution is 9.10.